The van der Waals surface area contributed by atoms with E-state index in [0.717, 1.165) is 94.7 Å². The minimum absolute atomic E-state index is 0.155. The summed E-state index contributed by atoms with van der Waals surface area (Å²) in [5.74, 6) is 15.9. The number of hydrogen-bond donors (Lipinski definition) is 0. The van der Waals surface area contributed by atoms with E-state index in [2.05, 4.69) is 0 Å². The third-order valence-corrected chi connectivity index (χ3v) is 15.9. The summed E-state index contributed by atoms with van der Waals surface area (Å²) < 4.78 is 14.4. The van der Waals surface area contributed by atoms with E-state index in [1.54, 1.807) is 12.8 Å². The lowest BCUT2D eigenvalue weighted by molar-refractivity contribution is -0.218. The Kier molecular flexibility index (Phi) is 1.65. The van der Waals surface area contributed by atoms with E-state index in [1.165, 1.54) is 12.8 Å². The van der Waals surface area contributed by atoms with Crippen LogP contribution in [0.1, 0.15) is 25.7 Å². The highest BCUT2D eigenvalue weighted by atomic mass is 32.2. The van der Waals surface area contributed by atoms with Crippen LogP contribution in [0, 0.1) is 94.7 Å². The zero-order chi connectivity index (χ0) is 15.9. The Hall–Kier alpha value is 0.620. The van der Waals surface area contributed by atoms with Gasteiger partial charge in [-0.25, -0.2) is 0 Å². The van der Waals surface area contributed by atoms with Crippen molar-refractivity contribution in [2.75, 3.05) is 0 Å². The molecular formula is C22H24O2S2. The van der Waals surface area contributed by atoms with Gasteiger partial charge in [-0.15, -0.1) is 0 Å². The zero-order valence-electron chi connectivity index (χ0n) is 14.7. The van der Waals surface area contributed by atoms with Gasteiger partial charge in [0.15, 0.2) is 0 Å². The van der Waals surface area contributed by atoms with Gasteiger partial charge in [0, 0.05) is 35.9 Å². The molecule has 11 rings (SSSR count). The molecule has 4 bridgehead atoms. The van der Waals surface area contributed by atoms with Gasteiger partial charge in [-0.1, -0.05) is 0 Å². The summed E-state index contributed by atoms with van der Waals surface area (Å²) >= 11 is 4.03. The minimum atomic E-state index is -0.155. The second kappa shape index (κ2) is 3.30. The molecule has 16 atom stereocenters. The maximum atomic E-state index is 7.04. The Morgan fingerprint density at radius 3 is 1.81 bits per heavy atom. The molecule has 0 aromatic carbocycles. The molecule has 0 aromatic heterocycles. The van der Waals surface area contributed by atoms with Crippen LogP contribution < -0.4 is 0 Å². The van der Waals surface area contributed by atoms with Crippen LogP contribution in [0.15, 0.2) is 0 Å². The van der Waals surface area contributed by atoms with Gasteiger partial charge in [-0.05, 0) is 109 Å². The molecule has 1 aliphatic heterocycles. The average molecular weight is 385 g/mol. The lowest BCUT2D eigenvalue weighted by atomic mass is 9.58. The van der Waals surface area contributed by atoms with E-state index in [4.69, 9.17) is 8.37 Å². The van der Waals surface area contributed by atoms with Crippen molar-refractivity contribution in [3.05, 3.63) is 0 Å². The van der Waals surface area contributed by atoms with Crippen LogP contribution in [0.2, 0.25) is 0 Å². The maximum absolute atomic E-state index is 7.04. The largest absolute Gasteiger partial charge is 0.278 e. The van der Waals surface area contributed by atoms with Crippen LogP contribution in [0.3, 0.4) is 0 Å². The first-order valence-corrected chi connectivity index (χ1v) is 13.1. The molecule has 1 heterocycles. The third-order valence-electron chi connectivity index (χ3n) is 13.2. The van der Waals surface area contributed by atoms with E-state index in [1.807, 2.05) is 24.1 Å². The Morgan fingerprint density at radius 2 is 1.04 bits per heavy atom. The summed E-state index contributed by atoms with van der Waals surface area (Å²) in [6.07, 6.45) is 6.23. The monoisotopic (exact) mass is 384 g/mol. The lowest BCUT2D eigenvalue weighted by Crippen LogP contribution is -2.60. The Labute approximate surface area is 162 Å². The molecule has 11 fully saturated rings. The summed E-state index contributed by atoms with van der Waals surface area (Å²) in [7, 11) is 0. The van der Waals surface area contributed by atoms with Crippen LogP contribution in [-0.4, -0.2) is 9.87 Å². The predicted molar refractivity (Wildman–Crippen MR) is 97.1 cm³/mol. The van der Waals surface area contributed by atoms with Gasteiger partial charge in [-0.2, -0.15) is 0 Å². The topological polar surface area (TPSA) is 18.5 Å². The van der Waals surface area contributed by atoms with Crippen LogP contribution in [0.4, 0.5) is 0 Å². The van der Waals surface area contributed by atoms with Crippen LogP contribution in [0.25, 0.3) is 0 Å². The van der Waals surface area contributed by atoms with E-state index in [-0.39, 0.29) is 5.79 Å². The first kappa shape index (κ1) is 13.0. The van der Waals surface area contributed by atoms with E-state index >= 15 is 0 Å². The first-order chi connectivity index (χ1) is 12.8. The summed E-state index contributed by atoms with van der Waals surface area (Å²) in [6.45, 7) is 0. The fraction of sp³-hybridized carbons (Fsp3) is 1.00. The second-order valence-corrected chi connectivity index (χ2v) is 14.7. The zero-order valence-corrected chi connectivity index (χ0v) is 16.3. The van der Waals surface area contributed by atoms with Gasteiger partial charge in [-0.3, -0.25) is 8.37 Å². The van der Waals surface area contributed by atoms with Crippen molar-refractivity contribution in [2.24, 2.45) is 94.7 Å². The summed E-state index contributed by atoms with van der Waals surface area (Å²) in [4.78, 5) is 0. The van der Waals surface area contributed by atoms with Crippen molar-refractivity contribution in [2.45, 2.75) is 35.5 Å². The van der Waals surface area contributed by atoms with Gasteiger partial charge < -0.3 is 0 Å². The van der Waals surface area contributed by atoms with Crippen molar-refractivity contribution < 1.29 is 8.37 Å². The molecule has 10 aliphatic carbocycles. The minimum Gasteiger partial charge on any atom is -0.278 e. The highest BCUT2D eigenvalue weighted by molar-refractivity contribution is 8.14. The van der Waals surface area contributed by atoms with Crippen molar-refractivity contribution in [3.63, 3.8) is 0 Å². The van der Waals surface area contributed by atoms with Crippen LogP contribution in [-0.2, 0) is 8.37 Å². The average Bonchev–Trinajstić information content (AvgIpc) is 3.31. The SMILES string of the molecule is C1[C@@H]2[C@H]3C[C@@H]4[C@@H]2[C@H]2[C@@H]1[C@@H]3C1(OSC3(SO1)[C@@H]1[C@@H]5C[C@H]6[C@@H]7[C@@H]5C[C@@H]1[C@H]7[C@@H]63)[C@@H]42. The van der Waals surface area contributed by atoms with Crippen LogP contribution >= 0.6 is 24.1 Å². The number of fused-ring (bicyclic) bond motifs is 8. The first-order valence-electron chi connectivity index (χ1n) is 11.6. The van der Waals surface area contributed by atoms with E-state index in [0.29, 0.717) is 4.08 Å². The fourth-order valence-electron chi connectivity index (χ4n) is 13.6. The van der Waals surface area contributed by atoms with Gasteiger partial charge in [0.2, 0.25) is 5.79 Å². The van der Waals surface area contributed by atoms with E-state index in [9.17, 15) is 0 Å². The molecular weight excluding hydrogens is 360 g/mol. The molecule has 0 radical (unpaired) electrons. The fourth-order valence-corrected chi connectivity index (χ4v) is 16.8. The molecule has 0 amide bonds. The summed E-state index contributed by atoms with van der Waals surface area (Å²) in [6, 6.07) is 0. The maximum Gasteiger partial charge on any atom is 0.200 e. The van der Waals surface area contributed by atoms with Crippen molar-refractivity contribution >= 4 is 24.1 Å². The Morgan fingerprint density at radius 1 is 0.500 bits per heavy atom. The summed E-state index contributed by atoms with van der Waals surface area (Å²) in [5.41, 5.74) is 0. The quantitative estimate of drug-likeness (QED) is 0.580. The van der Waals surface area contributed by atoms with E-state index < -0.39 is 0 Å². The molecule has 2 spiro atoms. The normalized spacial score (nSPS) is 88.6. The Bertz CT molecular complexity index is 756. The van der Waals surface area contributed by atoms with Crippen molar-refractivity contribution in [1.82, 2.24) is 0 Å². The molecule has 2 nitrogen and oxygen atoms in total. The molecule has 0 N–H and O–H groups in total. The standard InChI is InChI=1S/C22H24O2S2/c1-5-7-3-9-13(5)15-11(1)17(7)21(19(9)15)23-25-22(26-24-21)18-8-4-10-14-6(8)2-12(18)16(14)20(10)22/h5-20H,1-4H2/t5-,6-,7-,8-,9-,10+,11-,12-,13-,14+,15-,16-,17-,18-,19+,20-,21?,22?/m1/s1. The lowest BCUT2D eigenvalue weighted by Gasteiger charge is -2.59. The van der Waals surface area contributed by atoms with Gasteiger partial charge >= 0.3 is 0 Å². The molecule has 11 aliphatic rings. The Balaban J connectivity index is 1.04. The van der Waals surface area contributed by atoms with Crippen molar-refractivity contribution in [3.8, 4) is 0 Å². The second-order valence-electron chi connectivity index (χ2n) is 12.4. The highest BCUT2D eigenvalue weighted by Gasteiger charge is 2.90. The predicted octanol–water partition coefficient (Wildman–Crippen LogP) is 4.28. The summed E-state index contributed by atoms with van der Waals surface area (Å²) in [5, 5.41) is 0. The van der Waals surface area contributed by atoms with Crippen molar-refractivity contribution in [1.29, 1.82) is 0 Å². The number of hydrogen-bond acceptors (Lipinski definition) is 4. The third kappa shape index (κ3) is 0.857. The van der Waals surface area contributed by atoms with Crippen LogP contribution in [0.5, 0.6) is 0 Å². The number of rotatable bonds is 0. The smallest absolute Gasteiger partial charge is 0.200 e. The molecule has 0 aromatic rings. The van der Waals surface area contributed by atoms with Gasteiger partial charge in [0.05, 0.1) is 0 Å². The molecule has 136 valence electrons. The molecule has 10 saturated carbocycles. The molecule has 1 saturated heterocycles. The molecule has 0 unspecified atom stereocenters. The van der Waals surface area contributed by atoms with Gasteiger partial charge in [0.1, 0.15) is 4.08 Å². The highest BCUT2D eigenvalue weighted by Crippen LogP contribution is 2.92. The van der Waals surface area contributed by atoms with Gasteiger partial charge in [0.25, 0.3) is 0 Å². The molecule has 26 heavy (non-hydrogen) atoms. The molecule has 4 heteroatoms.